The van der Waals surface area contributed by atoms with E-state index < -0.39 is 0 Å². The van der Waals surface area contributed by atoms with Gasteiger partial charge in [0.15, 0.2) is 5.01 Å². The highest BCUT2D eigenvalue weighted by molar-refractivity contribution is 9.10. The lowest BCUT2D eigenvalue weighted by molar-refractivity contribution is 0.964. The van der Waals surface area contributed by atoms with Crippen molar-refractivity contribution >= 4 is 32.4 Å². The summed E-state index contributed by atoms with van der Waals surface area (Å²) in [4.78, 5) is 0. The third kappa shape index (κ3) is 2.59. The second-order valence-electron chi connectivity index (χ2n) is 3.32. The Kier molecular flexibility index (Phi) is 3.90. The van der Waals surface area contributed by atoms with E-state index in [2.05, 4.69) is 38.4 Å². The fourth-order valence-corrected chi connectivity index (χ4v) is 2.68. The Morgan fingerprint density at radius 3 is 2.88 bits per heavy atom. The molecular formula is C11H12BrN3S. The summed E-state index contributed by atoms with van der Waals surface area (Å²) in [5.74, 6) is 0. The van der Waals surface area contributed by atoms with E-state index in [1.807, 2.05) is 24.3 Å². The van der Waals surface area contributed by atoms with Gasteiger partial charge in [0, 0.05) is 16.6 Å². The standard InChI is InChI=1S/C11H12BrN3S/c1-2-7-13-11-15-14-10(16-11)8-5-3-4-6-9(8)12/h3-6H,2,7H2,1H3,(H,13,15). The van der Waals surface area contributed by atoms with Crippen LogP contribution in [0.3, 0.4) is 0 Å². The van der Waals surface area contributed by atoms with Crippen molar-refractivity contribution in [1.29, 1.82) is 0 Å². The summed E-state index contributed by atoms with van der Waals surface area (Å²) in [6, 6.07) is 8.04. The minimum absolute atomic E-state index is 0.882. The zero-order valence-corrected chi connectivity index (χ0v) is 11.3. The Balaban J connectivity index is 2.22. The van der Waals surface area contributed by atoms with E-state index >= 15 is 0 Å². The molecule has 0 saturated carbocycles. The van der Waals surface area contributed by atoms with E-state index in [0.29, 0.717) is 0 Å². The molecule has 3 nitrogen and oxygen atoms in total. The van der Waals surface area contributed by atoms with Crippen molar-refractivity contribution in [2.75, 3.05) is 11.9 Å². The van der Waals surface area contributed by atoms with Gasteiger partial charge in [0.2, 0.25) is 5.13 Å². The summed E-state index contributed by atoms with van der Waals surface area (Å²) < 4.78 is 1.05. The smallest absolute Gasteiger partial charge is 0.206 e. The molecule has 1 heterocycles. The van der Waals surface area contributed by atoms with Crippen LogP contribution in [0.4, 0.5) is 5.13 Å². The van der Waals surface area contributed by atoms with Gasteiger partial charge >= 0.3 is 0 Å². The van der Waals surface area contributed by atoms with Crippen LogP contribution in [-0.4, -0.2) is 16.7 Å². The highest BCUT2D eigenvalue weighted by Crippen LogP contribution is 2.31. The Labute approximate surface area is 107 Å². The second kappa shape index (κ2) is 5.41. The number of hydrogen-bond donors (Lipinski definition) is 1. The third-order valence-corrected chi connectivity index (χ3v) is 3.66. The average Bonchev–Trinajstić information content (AvgIpc) is 2.75. The number of nitrogens with one attached hydrogen (secondary N) is 1. The molecule has 5 heteroatoms. The van der Waals surface area contributed by atoms with Crippen molar-refractivity contribution in [3.05, 3.63) is 28.7 Å². The minimum Gasteiger partial charge on any atom is -0.360 e. The summed E-state index contributed by atoms with van der Waals surface area (Å²) in [5.41, 5.74) is 1.09. The fourth-order valence-electron chi connectivity index (χ4n) is 1.27. The van der Waals surface area contributed by atoms with Crippen LogP contribution in [0, 0.1) is 0 Å². The molecule has 1 aromatic carbocycles. The first kappa shape index (κ1) is 11.5. The van der Waals surface area contributed by atoms with Gasteiger partial charge in [-0.15, -0.1) is 10.2 Å². The van der Waals surface area contributed by atoms with Crippen molar-refractivity contribution in [2.45, 2.75) is 13.3 Å². The van der Waals surface area contributed by atoms with Gasteiger partial charge in [-0.1, -0.05) is 52.4 Å². The number of nitrogens with zero attached hydrogens (tertiary/aromatic N) is 2. The molecule has 0 atom stereocenters. The predicted molar refractivity (Wildman–Crippen MR) is 71.8 cm³/mol. The third-order valence-electron chi connectivity index (χ3n) is 2.06. The first-order valence-corrected chi connectivity index (χ1v) is 6.74. The van der Waals surface area contributed by atoms with Crippen molar-refractivity contribution in [1.82, 2.24) is 10.2 Å². The molecular weight excluding hydrogens is 286 g/mol. The van der Waals surface area contributed by atoms with Gasteiger partial charge < -0.3 is 5.32 Å². The zero-order chi connectivity index (χ0) is 11.4. The molecule has 0 amide bonds. The maximum Gasteiger partial charge on any atom is 0.206 e. The van der Waals surface area contributed by atoms with E-state index in [0.717, 1.165) is 33.1 Å². The van der Waals surface area contributed by atoms with Crippen LogP contribution in [0.25, 0.3) is 10.6 Å². The van der Waals surface area contributed by atoms with Gasteiger partial charge in [-0.05, 0) is 12.5 Å². The maximum absolute atomic E-state index is 4.18. The summed E-state index contributed by atoms with van der Waals surface area (Å²) in [6.45, 7) is 3.06. The molecule has 0 bridgehead atoms. The molecule has 2 rings (SSSR count). The van der Waals surface area contributed by atoms with E-state index in [4.69, 9.17) is 0 Å². The molecule has 0 fully saturated rings. The van der Waals surface area contributed by atoms with Crippen LogP contribution >= 0.6 is 27.3 Å². The maximum atomic E-state index is 4.18. The Hall–Kier alpha value is -0.940. The van der Waals surface area contributed by atoms with Crippen LogP contribution in [-0.2, 0) is 0 Å². The molecule has 0 aliphatic heterocycles. The molecule has 0 saturated heterocycles. The molecule has 0 aliphatic carbocycles. The molecule has 1 N–H and O–H groups in total. The number of anilines is 1. The number of halogens is 1. The predicted octanol–water partition coefficient (Wildman–Crippen LogP) is 3.79. The molecule has 0 radical (unpaired) electrons. The van der Waals surface area contributed by atoms with E-state index in [1.54, 1.807) is 11.3 Å². The van der Waals surface area contributed by atoms with Crippen LogP contribution in [0.5, 0.6) is 0 Å². The quantitative estimate of drug-likeness (QED) is 0.933. The molecule has 84 valence electrons. The van der Waals surface area contributed by atoms with Crippen molar-refractivity contribution in [3.8, 4) is 10.6 Å². The SMILES string of the molecule is CCCNc1nnc(-c2ccccc2Br)s1. The topological polar surface area (TPSA) is 37.8 Å². The van der Waals surface area contributed by atoms with E-state index in [9.17, 15) is 0 Å². The number of hydrogen-bond acceptors (Lipinski definition) is 4. The molecule has 0 aliphatic rings. The van der Waals surface area contributed by atoms with Crippen molar-refractivity contribution in [3.63, 3.8) is 0 Å². The monoisotopic (exact) mass is 297 g/mol. The lowest BCUT2D eigenvalue weighted by Crippen LogP contribution is -1.98. The highest BCUT2D eigenvalue weighted by Gasteiger charge is 2.08. The number of benzene rings is 1. The molecule has 16 heavy (non-hydrogen) atoms. The molecule has 0 unspecified atom stereocenters. The highest BCUT2D eigenvalue weighted by atomic mass is 79.9. The lowest BCUT2D eigenvalue weighted by Gasteiger charge is -1.98. The second-order valence-corrected chi connectivity index (χ2v) is 5.15. The van der Waals surface area contributed by atoms with Gasteiger partial charge in [0.25, 0.3) is 0 Å². The molecule has 2 aromatic rings. The van der Waals surface area contributed by atoms with Crippen LogP contribution < -0.4 is 5.32 Å². The van der Waals surface area contributed by atoms with Crippen LogP contribution in [0.1, 0.15) is 13.3 Å². The first-order chi connectivity index (χ1) is 7.81. The van der Waals surface area contributed by atoms with Crippen LogP contribution in [0.2, 0.25) is 0 Å². The van der Waals surface area contributed by atoms with Gasteiger partial charge in [-0.2, -0.15) is 0 Å². The average molecular weight is 298 g/mol. The van der Waals surface area contributed by atoms with Crippen molar-refractivity contribution < 1.29 is 0 Å². The summed E-state index contributed by atoms with van der Waals surface area (Å²) in [5, 5.41) is 13.3. The summed E-state index contributed by atoms with van der Waals surface area (Å²) in [6.07, 6.45) is 1.09. The normalized spacial score (nSPS) is 10.4. The largest absolute Gasteiger partial charge is 0.360 e. The zero-order valence-electron chi connectivity index (χ0n) is 8.90. The Morgan fingerprint density at radius 2 is 2.12 bits per heavy atom. The van der Waals surface area contributed by atoms with Gasteiger partial charge in [-0.3, -0.25) is 0 Å². The fraction of sp³-hybridized carbons (Fsp3) is 0.273. The van der Waals surface area contributed by atoms with E-state index in [1.165, 1.54) is 0 Å². The Bertz CT molecular complexity index is 470. The van der Waals surface area contributed by atoms with E-state index in [-0.39, 0.29) is 0 Å². The Morgan fingerprint density at radius 1 is 1.31 bits per heavy atom. The van der Waals surface area contributed by atoms with Crippen molar-refractivity contribution in [2.24, 2.45) is 0 Å². The first-order valence-electron chi connectivity index (χ1n) is 5.13. The summed E-state index contributed by atoms with van der Waals surface area (Å²) >= 11 is 5.09. The van der Waals surface area contributed by atoms with Crippen LogP contribution in [0.15, 0.2) is 28.7 Å². The van der Waals surface area contributed by atoms with Gasteiger partial charge in [0.05, 0.1) is 0 Å². The molecule has 1 aromatic heterocycles. The number of aromatic nitrogens is 2. The van der Waals surface area contributed by atoms with Gasteiger partial charge in [0.1, 0.15) is 0 Å². The minimum atomic E-state index is 0.882. The lowest BCUT2D eigenvalue weighted by atomic mass is 10.2. The van der Waals surface area contributed by atoms with Gasteiger partial charge in [-0.25, -0.2) is 0 Å². The number of rotatable bonds is 4. The summed E-state index contributed by atoms with van der Waals surface area (Å²) in [7, 11) is 0. The molecule has 0 spiro atoms.